The molecule has 2 heterocycles. The van der Waals surface area contributed by atoms with Gasteiger partial charge in [0.1, 0.15) is 10.3 Å². The number of carbonyl (C=O) groups is 1. The Hall–Kier alpha value is -1.10. The molecule has 0 N–H and O–H groups in total. The van der Waals surface area contributed by atoms with Crippen LogP contribution < -0.4 is 0 Å². The fraction of sp³-hybridized carbons (Fsp3) is 0.143. The van der Waals surface area contributed by atoms with Gasteiger partial charge >= 0.3 is 0 Å². The molecule has 0 radical (unpaired) electrons. The molecule has 2 rings (SSSR count). The number of hydrogen-bond acceptors (Lipinski definition) is 2. The maximum Gasteiger partial charge on any atom is 0.215 e. The predicted molar refractivity (Wildman–Crippen MR) is 47.3 cm³/mol. The van der Waals surface area contributed by atoms with E-state index in [0.717, 1.165) is 16.7 Å². The Morgan fingerprint density at radius 2 is 2.42 bits per heavy atom. The molecule has 0 saturated heterocycles. The minimum Gasteiger partial charge on any atom is -0.319 e. The first-order valence-electron chi connectivity index (χ1n) is 3.37. The maximum atomic E-state index is 10.6. The molecule has 5 heteroatoms. The molecule has 2 aromatic heterocycles. The maximum absolute atomic E-state index is 10.6. The molecule has 0 amide bonds. The molecule has 0 spiro atoms. The number of imidazole rings is 2. The van der Waals surface area contributed by atoms with E-state index in [9.17, 15) is 4.79 Å². The number of nitrogens with zero attached hydrogens (tertiary/aromatic N) is 3. The van der Waals surface area contributed by atoms with Gasteiger partial charge in [-0.15, -0.1) is 0 Å². The van der Waals surface area contributed by atoms with Crippen LogP contribution in [0.4, 0.5) is 0 Å². The third kappa shape index (κ3) is 0.828. The van der Waals surface area contributed by atoms with Crippen LogP contribution in [-0.2, 0) is 7.05 Å². The molecule has 0 atom stereocenters. The number of carbonyl (C=O) groups excluding carboxylic acids is 1. The summed E-state index contributed by atoms with van der Waals surface area (Å²) in [4.78, 5) is 14.7. The zero-order valence-corrected chi connectivity index (χ0v) is 7.95. The number of rotatable bonds is 1. The first-order valence-corrected chi connectivity index (χ1v) is 4.17. The average molecular weight is 228 g/mol. The lowest BCUT2D eigenvalue weighted by Crippen LogP contribution is -1.87. The number of halogens is 1. The van der Waals surface area contributed by atoms with Gasteiger partial charge in [-0.2, -0.15) is 0 Å². The Balaban J connectivity index is 2.94. The van der Waals surface area contributed by atoms with E-state index in [-0.39, 0.29) is 0 Å². The van der Waals surface area contributed by atoms with E-state index >= 15 is 0 Å². The highest BCUT2D eigenvalue weighted by molar-refractivity contribution is 9.10. The number of aryl methyl sites for hydroxylation is 1. The number of fused-ring (bicyclic) bond motifs is 1. The normalized spacial score (nSPS) is 10.8. The zero-order valence-electron chi connectivity index (χ0n) is 6.36. The van der Waals surface area contributed by atoms with Crippen LogP contribution in [0.1, 0.15) is 10.5 Å². The third-order valence-electron chi connectivity index (χ3n) is 1.72. The second-order valence-electron chi connectivity index (χ2n) is 2.50. The van der Waals surface area contributed by atoms with Crippen molar-refractivity contribution in [1.29, 1.82) is 0 Å². The first-order chi connectivity index (χ1) is 5.74. The van der Waals surface area contributed by atoms with E-state index in [4.69, 9.17) is 0 Å². The lowest BCUT2D eigenvalue weighted by atomic mass is 10.5. The van der Waals surface area contributed by atoms with Crippen LogP contribution in [0.25, 0.3) is 5.78 Å². The van der Waals surface area contributed by atoms with Crippen LogP contribution in [0.3, 0.4) is 0 Å². The summed E-state index contributed by atoms with van der Waals surface area (Å²) in [6.45, 7) is 0. The van der Waals surface area contributed by atoms with E-state index in [1.807, 2.05) is 7.05 Å². The monoisotopic (exact) mass is 227 g/mol. The smallest absolute Gasteiger partial charge is 0.215 e. The third-order valence-corrected chi connectivity index (χ3v) is 2.28. The van der Waals surface area contributed by atoms with Crippen LogP contribution >= 0.6 is 15.9 Å². The van der Waals surface area contributed by atoms with Gasteiger partial charge in [0, 0.05) is 13.2 Å². The predicted octanol–water partition coefficient (Wildman–Crippen LogP) is 1.25. The van der Waals surface area contributed by atoms with Gasteiger partial charge in [0.25, 0.3) is 0 Å². The van der Waals surface area contributed by atoms with Gasteiger partial charge in [-0.1, -0.05) is 0 Å². The van der Waals surface area contributed by atoms with Gasteiger partial charge in [-0.05, 0) is 15.9 Å². The van der Waals surface area contributed by atoms with Crippen LogP contribution in [0, 0.1) is 0 Å². The van der Waals surface area contributed by atoms with Crippen molar-refractivity contribution in [2.75, 3.05) is 0 Å². The molecule has 62 valence electrons. The van der Waals surface area contributed by atoms with Crippen molar-refractivity contribution in [3.8, 4) is 0 Å². The molecule has 4 nitrogen and oxygen atoms in total. The van der Waals surface area contributed by atoms with E-state index < -0.39 is 0 Å². The molecule has 2 aromatic rings. The number of hydrogen-bond donors (Lipinski definition) is 0. The molecule has 0 aliphatic carbocycles. The molecular weight excluding hydrogens is 222 g/mol. The van der Waals surface area contributed by atoms with Crippen molar-refractivity contribution in [2.45, 2.75) is 0 Å². The van der Waals surface area contributed by atoms with E-state index in [1.54, 1.807) is 21.4 Å². The Morgan fingerprint density at radius 3 is 3.08 bits per heavy atom. The van der Waals surface area contributed by atoms with Crippen LogP contribution in [0.2, 0.25) is 0 Å². The Morgan fingerprint density at radius 1 is 1.67 bits per heavy atom. The summed E-state index contributed by atoms with van der Waals surface area (Å²) in [5.74, 6) is 0.754. The summed E-state index contributed by atoms with van der Waals surface area (Å²) >= 11 is 3.30. The standard InChI is InChI=1S/C7H6BrN3O/c1-10-3-5(4-12)11-6(8)2-9-7(10)11/h2-4H,1H3. The van der Waals surface area contributed by atoms with Crippen molar-refractivity contribution in [1.82, 2.24) is 14.0 Å². The van der Waals surface area contributed by atoms with Gasteiger partial charge in [0.2, 0.25) is 5.78 Å². The summed E-state index contributed by atoms with van der Waals surface area (Å²) in [6.07, 6.45) is 4.21. The lowest BCUT2D eigenvalue weighted by Gasteiger charge is -1.87. The van der Waals surface area contributed by atoms with Crippen molar-refractivity contribution < 1.29 is 4.79 Å². The minimum atomic E-state index is 0.594. The van der Waals surface area contributed by atoms with Crippen LogP contribution in [-0.4, -0.2) is 20.2 Å². The molecule has 12 heavy (non-hydrogen) atoms. The van der Waals surface area contributed by atoms with Crippen LogP contribution in [0.5, 0.6) is 0 Å². The Kier molecular flexibility index (Phi) is 1.54. The fourth-order valence-corrected chi connectivity index (χ4v) is 1.67. The van der Waals surface area contributed by atoms with Gasteiger partial charge in [0.15, 0.2) is 6.29 Å². The van der Waals surface area contributed by atoms with Crippen molar-refractivity contribution in [3.05, 3.63) is 22.7 Å². The summed E-state index contributed by atoms with van der Waals surface area (Å²) in [6, 6.07) is 0. The Labute approximate surface area is 76.9 Å². The van der Waals surface area contributed by atoms with Crippen LogP contribution in [0.15, 0.2) is 17.0 Å². The van der Waals surface area contributed by atoms with Gasteiger partial charge < -0.3 is 4.57 Å². The summed E-state index contributed by atoms with van der Waals surface area (Å²) in [7, 11) is 1.85. The average Bonchev–Trinajstić information content (AvgIpc) is 2.56. The fourth-order valence-electron chi connectivity index (χ4n) is 1.21. The van der Waals surface area contributed by atoms with Gasteiger partial charge in [-0.25, -0.2) is 4.98 Å². The quantitative estimate of drug-likeness (QED) is 0.689. The summed E-state index contributed by atoms with van der Waals surface area (Å²) in [5, 5.41) is 0. The SMILES string of the molecule is Cn1cc(C=O)n2c(Br)cnc12. The van der Waals surface area contributed by atoms with E-state index in [0.29, 0.717) is 5.69 Å². The topological polar surface area (TPSA) is 39.3 Å². The first kappa shape index (κ1) is 7.54. The van der Waals surface area contributed by atoms with Crippen molar-refractivity contribution >= 4 is 28.0 Å². The van der Waals surface area contributed by atoms with Crippen molar-refractivity contribution in [2.24, 2.45) is 7.05 Å². The van der Waals surface area contributed by atoms with Gasteiger partial charge in [-0.3, -0.25) is 9.20 Å². The summed E-state index contributed by atoms with van der Waals surface area (Å²) in [5.41, 5.74) is 0.594. The molecule has 0 unspecified atom stereocenters. The highest BCUT2D eigenvalue weighted by Crippen LogP contribution is 2.15. The number of aromatic nitrogens is 3. The number of aldehydes is 1. The Bertz CT molecular complexity index is 443. The molecule has 0 aromatic carbocycles. The van der Waals surface area contributed by atoms with Crippen molar-refractivity contribution in [3.63, 3.8) is 0 Å². The second kappa shape index (κ2) is 2.45. The largest absolute Gasteiger partial charge is 0.319 e. The summed E-state index contributed by atoms with van der Waals surface area (Å²) < 4.78 is 4.34. The van der Waals surface area contributed by atoms with E-state index in [1.165, 1.54) is 0 Å². The highest BCUT2D eigenvalue weighted by Gasteiger charge is 2.08. The second-order valence-corrected chi connectivity index (χ2v) is 3.31. The molecule has 0 aliphatic heterocycles. The molecule has 0 aliphatic rings. The highest BCUT2D eigenvalue weighted by atomic mass is 79.9. The zero-order chi connectivity index (χ0) is 8.72. The molecule has 0 fully saturated rings. The lowest BCUT2D eigenvalue weighted by molar-refractivity contribution is 0.111. The molecule has 0 saturated carbocycles. The van der Waals surface area contributed by atoms with E-state index in [2.05, 4.69) is 20.9 Å². The van der Waals surface area contributed by atoms with Gasteiger partial charge in [0.05, 0.1) is 6.20 Å². The minimum absolute atomic E-state index is 0.594. The molecule has 0 bridgehead atoms. The molecular formula is C7H6BrN3O.